The standard InChI is InChI=1S/C11H15NO4S/c1-16-11(13)9-5-3-8(4-6-9)10(7-12)17(2,14)15/h3-6,10H,7,12H2,1-2H3. The Morgan fingerprint density at radius 3 is 2.24 bits per heavy atom. The van der Waals surface area contributed by atoms with Gasteiger partial charge in [-0.1, -0.05) is 12.1 Å². The van der Waals surface area contributed by atoms with Crippen molar-refractivity contribution in [1.82, 2.24) is 0 Å². The van der Waals surface area contributed by atoms with Crippen molar-refractivity contribution in [2.45, 2.75) is 5.25 Å². The van der Waals surface area contributed by atoms with Crippen molar-refractivity contribution in [3.8, 4) is 0 Å². The Hall–Kier alpha value is -1.40. The van der Waals surface area contributed by atoms with E-state index in [2.05, 4.69) is 4.74 Å². The van der Waals surface area contributed by atoms with Crippen LogP contribution >= 0.6 is 0 Å². The SMILES string of the molecule is COC(=O)c1ccc(C(CN)S(C)(=O)=O)cc1. The average Bonchev–Trinajstić information content (AvgIpc) is 2.28. The van der Waals surface area contributed by atoms with Gasteiger partial charge in [-0.2, -0.15) is 0 Å². The third-order valence-electron chi connectivity index (χ3n) is 2.43. The van der Waals surface area contributed by atoms with Gasteiger partial charge in [0, 0.05) is 12.8 Å². The summed E-state index contributed by atoms with van der Waals surface area (Å²) in [6.45, 7) is 0.0103. The van der Waals surface area contributed by atoms with E-state index in [0.29, 0.717) is 11.1 Å². The molecule has 1 rings (SSSR count). The highest BCUT2D eigenvalue weighted by atomic mass is 32.2. The minimum absolute atomic E-state index is 0.0103. The van der Waals surface area contributed by atoms with Gasteiger partial charge in [0.1, 0.15) is 0 Å². The molecule has 17 heavy (non-hydrogen) atoms. The van der Waals surface area contributed by atoms with Crippen LogP contribution in [0.4, 0.5) is 0 Å². The van der Waals surface area contributed by atoms with E-state index in [1.54, 1.807) is 12.1 Å². The minimum atomic E-state index is -3.25. The van der Waals surface area contributed by atoms with Gasteiger partial charge in [-0.15, -0.1) is 0 Å². The fourth-order valence-electron chi connectivity index (χ4n) is 1.51. The van der Waals surface area contributed by atoms with E-state index in [1.165, 1.54) is 19.2 Å². The lowest BCUT2D eigenvalue weighted by atomic mass is 10.1. The zero-order valence-electron chi connectivity index (χ0n) is 9.71. The first-order valence-corrected chi connectivity index (χ1v) is 6.92. The van der Waals surface area contributed by atoms with Gasteiger partial charge < -0.3 is 10.5 Å². The summed E-state index contributed by atoms with van der Waals surface area (Å²) in [5.74, 6) is -0.458. The van der Waals surface area contributed by atoms with Gasteiger partial charge in [-0.05, 0) is 17.7 Å². The smallest absolute Gasteiger partial charge is 0.337 e. The number of hydrogen-bond donors (Lipinski definition) is 1. The van der Waals surface area contributed by atoms with Crippen molar-refractivity contribution in [2.24, 2.45) is 5.73 Å². The molecule has 0 saturated heterocycles. The molecule has 0 amide bonds. The van der Waals surface area contributed by atoms with Gasteiger partial charge in [-0.25, -0.2) is 13.2 Å². The molecule has 0 aromatic heterocycles. The van der Waals surface area contributed by atoms with E-state index in [9.17, 15) is 13.2 Å². The van der Waals surface area contributed by atoms with Crippen LogP contribution in [0.5, 0.6) is 0 Å². The molecule has 5 nitrogen and oxygen atoms in total. The van der Waals surface area contributed by atoms with Gasteiger partial charge in [0.05, 0.1) is 17.9 Å². The van der Waals surface area contributed by atoms with Crippen molar-refractivity contribution in [3.63, 3.8) is 0 Å². The number of sulfone groups is 1. The number of carbonyl (C=O) groups excluding carboxylic acids is 1. The van der Waals surface area contributed by atoms with Crippen LogP contribution in [0.25, 0.3) is 0 Å². The summed E-state index contributed by atoms with van der Waals surface area (Å²) in [5.41, 5.74) is 6.39. The number of carbonyl (C=O) groups is 1. The van der Waals surface area contributed by atoms with Crippen molar-refractivity contribution < 1.29 is 17.9 Å². The molecular formula is C11H15NO4S. The van der Waals surface area contributed by atoms with Crippen LogP contribution in [0.3, 0.4) is 0 Å². The third-order valence-corrected chi connectivity index (χ3v) is 3.93. The molecule has 0 aliphatic rings. The molecule has 0 spiro atoms. The number of nitrogens with two attached hydrogens (primary N) is 1. The Labute approximate surface area is 100 Å². The molecule has 1 aromatic rings. The molecule has 0 saturated carbocycles. The zero-order chi connectivity index (χ0) is 13.1. The highest BCUT2D eigenvalue weighted by molar-refractivity contribution is 7.91. The van der Waals surface area contributed by atoms with E-state index in [1.807, 2.05) is 0 Å². The number of rotatable bonds is 4. The number of esters is 1. The monoisotopic (exact) mass is 257 g/mol. The fraction of sp³-hybridized carbons (Fsp3) is 0.364. The maximum Gasteiger partial charge on any atom is 0.337 e. The minimum Gasteiger partial charge on any atom is -0.465 e. The van der Waals surface area contributed by atoms with Gasteiger partial charge in [0.25, 0.3) is 0 Å². The highest BCUT2D eigenvalue weighted by Crippen LogP contribution is 2.20. The summed E-state index contributed by atoms with van der Waals surface area (Å²) in [5, 5.41) is -0.741. The first kappa shape index (κ1) is 13.7. The molecule has 1 aromatic carbocycles. The van der Waals surface area contributed by atoms with Gasteiger partial charge >= 0.3 is 5.97 Å². The quantitative estimate of drug-likeness (QED) is 0.794. The van der Waals surface area contributed by atoms with E-state index >= 15 is 0 Å². The van der Waals surface area contributed by atoms with Gasteiger partial charge in [0.15, 0.2) is 9.84 Å². The van der Waals surface area contributed by atoms with Crippen molar-refractivity contribution in [1.29, 1.82) is 0 Å². The average molecular weight is 257 g/mol. The number of hydrogen-bond acceptors (Lipinski definition) is 5. The Balaban J connectivity index is 3.05. The molecule has 2 N–H and O–H groups in total. The van der Waals surface area contributed by atoms with Crippen LogP contribution in [0.2, 0.25) is 0 Å². The lowest BCUT2D eigenvalue weighted by Gasteiger charge is -2.13. The number of ether oxygens (including phenoxy) is 1. The van der Waals surface area contributed by atoms with E-state index in [-0.39, 0.29) is 6.54 Å². The fourth-order valence-corrected chi connectivity index (χ4v) is 2.51. The van der Waals surface area contributed by atoms with Crippen LogP contribution in [0.15, 0.2) is 24.3 Å². The van der Waals surface area contributed by atoms with Crippen LogP contribution < -0.4 is 5.73 Å². The molecule has 1 atom stereocenters. The molecule has 0 bridgehead atoms. The van der Waals surface area contributed by atoms with Crippen molar-refractivity contribution in [3.05, 3.63) is 35.4 Å². The van der Waals surface area contributed by atoms with Gasteiger partial charge in [0.2, 0.25) is 0 Å². The van der Waals surface area contributed by atoms with Crippen molar-refractivity contribution in [2.75, 3.05) is 19.9 Å². The molecule has 6 heteroatoms. The summed E-state index contributed by atoms with van der Waals surface area (Å²) in [6.07, 6.45) is 1.14. The zero-order valence-corrected chi connectivity index (χ0v) is 10.5. The second kappa shape index (κ2) is 5.29. The first-order valence-electron chi connectivity index (χ1n) is 4.97. The lowest BCUT2D eigenvalue weighted by Crippen LogP contribution is -2.20. The Kier molecular flexibility index (Phi) is 4.25. The topological polar surface area (TPSA) is 86.5 Å². The summed E-state index contributed by atoms with van der Waals surface area (Å²) >= 11 is 0. The molecule has 0 radical (unpaired) electrons. The molecule has 0 aliphatic carbocycles. The van der Waals surface area contributed by atoms with Gasteiger partial charge in [-0.3, -0.25) is 0 Å². The molecule has 0 aliphatic heterocycles. The molecule has 1 unspecified atom stereocenters. The molecular weight excluding hydrogens is 242 g/mol. The molecule has 94 valence electrons. The second-order valence-electron chi connectivity index (χ2n) is 3.67. The Morgan fingerprint density at radius 1 is 1.35 bits per heavy atom. The maximum absolute atomic E-state index is 11.5. The first-order chi connectivity index (χ1) is 7.90. The second-order valence-corrected chi connectivity index (χ2v) is 5.90. The Bertz CT molecular complexity index is 493. The lowest BCUT2D eigenvalue weighted by molar-refractivity contribution is 0.0600. The summed E-state index contributed by atoms with van der Waals surface area (Å²) in [4.78, 5) is 11.2. The summed E-state index contributed by atoms with van der Waals surface area (Å²) in [6, 6.07) is 6.19. The molecule has 0 heterocycles. The van der Waals surface area contributed by atoms with Crippen LogP contribution in [-0.2, 0) is 14.6 Å². The normalized spacial score (nSPS) is 13.1. The highest BCUT2D eigenvalue weighted by Gasteiger charge is 2.21. The summed E-state index contributed by atoms with van der Waals surface area (Å²) < 4.78 is 27.5. The predicted molar refractivity (Wildman–Crippen MR) is 64.4 cm³/mol. The van der Waals surface area contributed by atoms with Crippen LogP contribution in [0.1, 0.15) is 21.2 Å². The van der Waals surface area contributed by atoms with Crippen LogP contribution in [0, 0.1) is 0 Å². The van der Waals surface area contributed by atoms with E-state index < -0.39 is 21.1 Å². The largest absolute Gasteiger partial charge is 0.465 e. The molecule has 0 fully saturated rings. The van der Waals surface area contributed by atoms with Crippen molar-refractivity contribution >= 4 is 15.8 Å². The number of methoxy groups -OCH3 is 1. The third kappa shape index (κ3) is 3.28. The predicted octanol–water partition coefficient (Wildman–Crippen LogP) is 0.518. The summed E-state index contributed by atoms with van der Waals surface area (Å²) in [7, 11) is -1.96. The van der Waals surface area contributed by atoms with E-state index in [4.69, 9.17) is 5.73 Å². The van der Waals surface area contributed by atoms with Crippen LogP contribution in [-0.4, -0.2) is 34.3 Å². The number of benzene rings is 1. The Morgan fingerprint density at radius 2 is 1.88 bits per heavy atom. The van der Waals surface area contributed by atoms with E-state index in [0.717, 1.165) is 6.26 Å². The maximum atomic E-state index is 11.5.